The van der Waals surface area contributed by atoms with Crippen molar-refractivity contribution >= 4 is 0 Å². The average molecular weight is 297 g/mol. The molecule has 2 rings (SSSR count). The lowest BCUT2D eigenvalue weighted by atomic mass is 9.75. The highest BCUT2D eigenvalue weighted by Gasteiger charge is 2.40. The van der Waals surface area contributed by atoms with Crippen molar-refractivity contribution in [3.63, 3.8) is 0 Å². The normalized spacial score (nSPS) is 13.4. The minimum atomic E-state index is -1.17. The summed E-state index contributed by atoms with van der Waals surface area (Å²) in [6.07, 6.45) is 0.763. The van der Waals surface area contributed by atoms with Crippen LogP contribution >= 0.6 is 0 Å². The van der Waals surface area contributed by atoms with E-state index in [2.05, 4.69) is 13.8 Å². The largest absolute Gasteiger partial charge is 0.379 e. The summed E-state index contributed by atoms with van der Waals surface area (Å²) in [5.74, 6) is 0.426. The molecule has 0 saturated carbocycles. The maximum absolute atomic E-state index is 11.7. The first kappa shape index (κ1) is 16.7. The van der Waals surface area contributed by atoms with Gasteiger partial charge in [-0.15, -0.1) is 0 Å². The van der Waals surface area contributed by atoms with Gasteiger partial charge < -0.3 is 10.8 Å². The third-order valence-corrected chi connectivity index (χ3v) is 4.37. The van der Waals surface area contributed by atoms with Gasteiger partial charge in [0.2, 0.25) is 0 Å². The molecule has 0 saturated heterocycles. The second-order valence-corrected chi connectivity index (χ2v) is 6.63. The number of nitrogens with two attached hydrogens (primary N) is 1. The summed E-state index contributed by atoms with van der Waals surface area (Å²) in [7, 11) is 0. The lowest BCUT2D eigenvalue weighted by molar-refractivity contribution is 0.0430. The van der Waals surface area contributed by atoms with Gasteiger partial charge in [-0.3, -0.25) is 0 Å². The molecule has 0 amide bonds. The molecular formula is C20H27NO. The van der Waals surface area contributed by atoms with Crippen LogP contribution in [-0.4, -0.2) is 11.1 Å². The number of aryl methyl sites for hydroxylation is 2. The van der Waals surface area contributed by atoms with E-state index in [1.165, 1.54) is 0 Å². The smallest absolute Gasteiger partial charge is 0.130 e. The molecule has 2 aromatic rings. The highest BCUT2D eigenvalue weighted by atomic mass is 16.3. The minimum absolute atomic E-state index is 0.352. The first-order chi connectivity index (χ1) is 10.4. The van der Waals surface area contributed by atoms with E-state index < -0.39 is 5.60 Å². The van der Waals surface area contributed by atoms with Crippen molar-refractivity contribution in [2.45, 2.75) is 45.8 Å². The molecule has 22 heavy (non-hydrogen) atoms. The van der Waals surface area contributed by atoms with Crippen molar-refractivity contribution in [1.29, 1.82) is 0 Å². The Morgan fingerprint density at radius 1 is 0.909 bits per heavy atom. The van der Waals surface area contributed by atoms with Gasteiger partial charge in [-0.2, -0.15) is 0 Å². The van der Waals surface area contributed by atoms with E-state index in [4.69, 9.17) is 5.73 Å². The van der Waals surface area contributed by atoms with Crippen LogP contribution in [0.2, 0.25) is 0 Å². The lowest BCUT2D eigenvalue weighted by Gasteiger charge is -2.38. The van der Waals surface area contributed by atoms with Crippen molar-refractivity contribution in [1.82, 2.24) is 0 Å². The van der Waals surface area contributed by atoms with Crippen molar-refractivity contribution in [2.75, 3.05) is 0 Å². The SMILES string of the molecule is Cc1ccccc1C(O)(c1ccccc1C)[C@H](N)CC(C)C. The maximum Gasteiger partial charge on any atom is 0.130 e. The molecule has 0 aliphatic carbocycles. The number of benzene rings is 2. The van der Waals surface area contributed by atoms with E-state index in [1.54, 1.807) is 0 Å². The Hall–Kier alpha value is -1.64. The molecule has 3 N–H and O–H groups in total. The number of hydrogen-bond acceptors (Lipinski definition) is 2. The van der Waals surface area contributed by atoms with Crippen LogP contribution in [-0.2, 0) is 5.60 Å². The summed E-state index contributed by atoms with van der Waals surface area (Å²) in [6, 6.07) is 15.6. The Labute approximate surface area is 134 Å². The van der Waals surface area contributed by atoms with Gasteiger partial charge in [0.25, 0.3) is 0 Å². The van der Waals surface area contributed by atoms with Crippen LogP contribution in [0.5, 0.6) is 0 Å². The fourth-order valence-corrected chi connectivity index (χ4v) is 3.22. The highest BCUT2D eigenvalue weighted by molar-refractivity contribution is 5.45. The Morgan fingerprint density at radius 3 is 1.68 bits per heavy atom. The zero-order chi connectivity index (χ0) is 16.3. The Kier molecular flexibility index (Phi) is 5.05. The van der Waals surface area contributed by atoms with E-state index in [9.17, 15) is 5.11 Å². The van der Waals surface area contributed by atoms with Gasteiger partial charge in [0, 0.05) is 6.04 Å². The van der Waals surface area contributed by atoms with E-state index in [0.29, 0.717) is 5.92 Å². The van der Waals surface area contributed by atoms with Crippen LogP contribution in [0.25, 0.3) is 0 Å². The predicted octanol–water partition coefficient (Wildman–Crippen LogP) is 3.91. The zero-order valence-corrected chi connectivity index (χ0v) is 14.0. The maximum atomic E-state index is 11.7. The predicted molar refractivity (Wildman–Crippen MR) is 92.8 cm³/mol. The molecule has 0 unspecified atom stereocenters. The van der Waals surface area contributed by atoms with Crippen molar-refractivity contribution in [3.8, 4) is 0 Å². The molecule has 0 bridgehead atoms. The van der Waals surface area contributed by atoms with Crippen LogP contribution in [0.15, 0.2) is 48.5 Å². The van der Waals surface area contributed by atoms with Crippen molar-refractivity contribution < 1.29 is 5.11 Å². The van der Waals surface area contributed by atoms with Crippen LogP contribution in [0.4, 0.5) is 0 Å². The highest BCUT2D eigenvalue weighted by Crippen LogP contribution is 2.37. The molecule has 1 atom stereocenters. The van der Waals surface area contributed by atoms with Gasteiger partial charge in [0.15, 0.2) is 0 Å². The Bertz CT molecular complexity index is 588. The molecule has 2 nitrogen and oxygen atoms in total. The van der Waals surface area contributed by atoms with Crippen LogP contribution in [0, 0.1) is 19.8 Å². The summed E-state index contributed by atoms with van der Waals surface area (Å²) >= 11 is 0. The summed E-state index contributed by atoms with van der Waals surface area (Å²) in [6.45, 7) is 8.33. The van der Waals surface area contributed by atoms with E-state index in [1.807, 2.05) is 62.4 Å². The lowest BCUT2D eigenvalue weighted by Crippen LogP contribution is -2.48. The van der Waals surface area contributed by atoms with Crippen molar-refractivity contribution in [3.05, 3.63) is 70.8 Å². The second kappa shape index (κ2) is 6.64. The fraction of sp³-hybridized carbons (Fsp3) is 0.400. The van der Waals surface area contributed by atoms with Gasteiger partial charge >= 0.3 is 0 Å². The van der Waals surface area contributed by atoms with Gasteiger partial charge in [-0.25, -0.2) is 0 Å². The molecular weight excluding hydrogens is 270 g/mol. The molecule has 0 spiro atoms. The van der Waals surface area contributed by atoms with E-state index in [-0.39, 0.29) is 6.04 Å². The summed E-state index contributed by atoms with van der Waals surface area (Å²) in [5.41, 5.74) is 9.27. The third kappa shape index (κ3) is 3.08. The molecule has 2 heteroatoms. The quantitative estimate of drug-likeness (QED) is 0.879. The van der Waals surface area contributed by atoms with Gasteiger partial charge in [-0.1, -0.05) is 62.4 Å². The molecule has 0 aliphatic heterocycles. The molecule has 0 heterocycles. The zero-order valence-electron chi connectivity index (χ0n) is 14.0. The molecule has 0 radical (unpaired) electrons. The summed E-state index contributed by atoms with van der Waals surface area (Å²) < 4.78 is 0. The monoisotopic (exact) mass is 297 g/mol. The van der Waals surface area contributed by atoms with Gasteiger partial charge in [0.1, 0.15) is 5.60 Å². The van der Waals surface area contributed by atoms with Crippen LogP contribution in [0.3, 0.4) is 0 Å². The molecule has 0 aliphatic rings. The van der Waals surface area contributed by atoms with Crippen molar-refractivity contribution in [2.24, 2.45) is 11.7 Å². The number of rotatable bonds is 5. The summed E-state index contributed by atoms with van der Waals surface area (Å²) in [4.78, 5) is 0. The Balaban J connectivity index is 2.65. The molecule has 0 aromatic heterocycles. The average Bonchev–Trinajstić information content (AvgIpc) is 2.46. The first-order valence-electron chi connectivity index (χ1n) is 7.97. The second-order valence-electron chi connectivity index (χ2n) is 6.63. The Morgan fingerprint density at radius 2 is 1.32 bits per heavy atom. The van der Waals surface area contributed by atoms with Gasteiger partial charge in [0.05, 0.1) is 0 Å². The topological polar surface area (TPSA) is 46.2 Å². The van der Waals surface area contributed by atoms with E-state index >= 15 is 0 Å². The first-order valence-corrected chi connectivity index (χ1v) is 7.97. The minimum Gasteiger partial charge on any atom is -0.379 e. The van der Waals surface area contributed by atoms with Gasteiger partial charge in [-0.05, 0) is 48.4 Å². The molecule has 118 valence electrons. The van der Waals surface area contributed by atoms with Crippen LogP contribution < -0.4 is 5.73 Å². The van der Waals surface area contributed by atoms with E-state index in [0.717, 1.165) is 28.7 Å². The van der Waals surface area contributed by atoms with Crippen LogP contribution in [0.1, 0.15) is 42.5 Å². The molecule has 2 aromatic carbocycles. The number of hydrogen-bond donors (Lipinski definition) is 2. The third-order valence-electron chi connectivity index (χ3n) is 4.37. The fourth-order valence-electron chi connectivity index (χ4n) is 3.22. The molecule has 0 fully saturated rings. The summed E-state index contributed by atoms with van der Waals surface area (Å²) in [5, 5.41) is 11.7. The number of aliphatic hydroxyl groups is 1. The standard InChI is InChI=1S/C20H27NO/c1-14(2)13-19(21)20(22,17-11-7-5-9-15(17)3)18-12-8-6-10-16(18)4/h5-12,14,19,22H,13,21H2,1-4H3/t19-/m1/s1.